The zero-order valence-electron chi connectivity index (χ0n) is 12.1. The second kappa shape index (κ2) is 5.93. The molecule has 0 bridgehead atoms. The molecule has 0 radical (unpaired) electrons. The van der Waals surface area contributed by atoms with Gasteiger partial charge in [0.2, 0.25) is 6.79 Å². The average Bonchev–Trinajstić information content (AvgIpc) is 2.85. The predicted molar refractivity (Wildman–Crippen MR) is 77.6 cm³/mol. The van der Waals surface area contributed by atoms with Gasteiger partial charge in [0.1, 0.15) is 0 Å². The van der Waals surface area contributed by atoms with Gasteiger partial charge in [0.15, 0.2) is 11.5 Å². The van der Waals surface area contributed by atoms with Crippen LogP contribution in [-0.2, 0) is 0 Å². The maximum Gasteiger partial charge on any atom is 0.251 e. The van der Waals surface area contributed by atoms with Crippen LogP contribution in [0.2, 0.25) is 0 Å². The number of carbonyl (C=O) groups is 1. The minimum atomic E-state index is -0.761. The number of amides is 1. The Morgan fingerprint density at radius 3 is 2.62 bits per heavy atom. The minimum absolute atomic E-state index is 0.189. The van der Waals surface area contributed by atoms with Crippen LogP contribution < -0.4 is 14.8 Å². The summed E-state index contributed by atoms with van der Waals surface area (Å²) in [6, 6.07) is 5.12. The second-order valence-electron chi connectivity index (χ2n) is 5.89. The van der Waals surface area contributed by atoms with Gasteiger partial charge in [-0.1, -0.05) is 25.7 Å². The summed E-state index contributed by atoms with van der Waals surface area (Å²) in [5.74, 6) is 1.07. The number of benzene rings is 1. The van der Waals surface area contributed by atoms with Crippen molar-refractivity contribution in [1.82, 2.24) is 5.32 Å². The molecule has 1 aliphatic heterocycles. The first kappa shape index (κ1) is 14.2. The van der Waals surface area contributed by atoms with E-state index in [2.05, 4.69) is 5.32 Å². The molecule has 2 N–H and O–H groups in total. The van der Waals surface area contributed by atoms with Crippen LogP contribution >= 0.6 is 0 Å². The molecular weight excluding hydrogens is 270 g/mol. The quantitative estimate of drug-likeness (QED) is 0.838. The molecule has 21 heavy (non-hydrogen) atoms. The lowest BCUT2D eigenvalue weighted by Gasteiger charge is -2.26. The van der Waals surface area contributed by atoms with E-state index >= 15 is 0 Å². The molecule has 5 nitrogen and oxygen atoms in total. The van der Waals surface area contributed by atoms with Gasteiger partial charge in [-0.3, -0.25) is 4.79 Å². The molecule has 1 fully saturated rings. The van der Waals surface area contributed by atoms with Crippen molar-refractivity contribution in [2.75, 3.05) is 13.3 Å². The van der Waals surface area contributed by atoms with Crippen molar-refractivity contribution in [2.45, 2.75) is 44.1 Å². The van der Waals surface area contributed by atoms with Gasteiger partial charge in [0.05, 0.1) is 5.60 Å². The Morgan fingerprint density at radius 1 is 1.14 bits per heavy atom. The van der Waals surface area contributed by atoms with Crippen LogP contribution in [0.25, 0.3) is 0 Å². The van der Waals surface area contributed by atoms with Gasteiger partial charge in [-0.25, -0.2) is 0 Å². The third-order valence-corrected chi connectivity index (χ3v) is 4.25. The van der Waals surface area contributed by atoms with E-state index in [1.807, 2.05) is 0 Å². The first-order valence-electron chi connectivity index (χ1n) is 7.57. The molecule has 1 amide bonds. The highest BCUT2D eigenvalue weighted by molar-refractivity contribution is 5.95. The smallest absolute Gasteiger partial charge is 0.251 e. The highest BCUT2D eigenvalue weighted by Gasteiger charge is 2.28. The summed E-state index contributed by atoms with van der Waals surface area (Å²) in [6.45, 7) is 0.500. The molecule has 3 rings (SSSR count). The summed E-state index contributed by atoms with van der Waals surface area (Å²) in [5, 5.41) is 13.4. The van der Waals surface area contributed by atoms with Crippen LogP contribution in [0.3, 0.4) is 0 Å². The van der Waals surface area contributed by atoms with E-state index in [9.17, 15) is 9.90 Å². The fourth-order valence-corrected chi connectivity index (χ4v) is 2.95. The molecule has 0 saturated heterocycles. The molecule has 1 aromatic carbocycles. The van der Waals surface area contributed by atoms with E-state index in [0.717, 1.165) is 25.7 Å². The number of rotatable bonds is 3. The van der Waals surface area contributed by atoms with Gasteiger partial charge in [-0.2, -0.15) is 0 Å². The van der Waals surface area contributed by atoms with Crippen molar-refractivity contribution in [2.24, 2.45) is 0 Å². The van der Waals surface area contributed by atoms with Crippen molar-refractivity contribution in [3.63, 3.8) is 0 Å². The molecule has 1 aliphatic carbocycles. The molecule has 0 unspecified atom stereocenters. The van der Waals surface area contributed by atoms with E-state index < -0.39 is 5.60 Å². The van der Waals surface area contributed by atoms with Crippen molar-refractivity contribution in [1.29, 1.82) is 0 Å². The van der Waals surface area contributed by atoms with Crippen LogP contribution in [0.15, 0.2) is 18.2 Å². The summed E-state index contributed by atoms with van der Waals surface area (Å²) >= 11 is 0. The van der Waals surface area contributed by atoms with Gasteiger partial charge < -0.3 is 19.9 Å². The molecule has 0 atom stereocenters. The lowest BCUT2D eigenvalue weighted by molar-refractivity contribution is 0.0246. The van der Waals surface area contributed by atoms with Crippen LogP contribution in [0, 0.1) is 0 Å². The Kier molecular flexibility index (Phi) is 4.01. The van der Waals surface area contributed by atoms with E-state index in [-0.39, 0.29) is 12.7 Å². The van der Waals surface area contributed by atoms with Gasteiger partial charge >= 0.3 is 0 Å². The number of fused-ring (bicyclic) bond motifs is 1. The summed E-state index contributed by atoms with van der Waals surface area (Å²) in [5.41, 5.74) is -0.237. The standard InChI is InChI=1S/C16H21NO4/c18-15(12-5-6-13-14(9-12)21-11-20-13)17-10-16(19)7-3-1-2-4-8-16/h5-6,9,19H,1-4,7-8,10-11H2,(H,17,18). The van der Waals surface area contributed by atoms with Crippen LogP contribution in [-0.4, -0.2) is 30.0 Å². The Balaban J connectivity index is 1.61. The van der Waals surface area contributed by atoms with E-state index in [4.69, 9.17) is 9.47 Å². The van der Waals surface area contributed by atoms with Gasteiger partial charge in [0.25, 0.3) is 5.91 Å². The number of aliphatic hydroxyl groups is 1. The van der Waals surface area contributed by atoms with Crippen LogP contribution in [0.4, 0.5) is 0 Å². The molecular formula is C16H21NO4. The maximum absolute atomic E-state index is 12.2. The monoisotopic (exact) mass is 291 g/mol. The third-order valence-electron chi connectivity index (χ3n) is 4.25. The summed E-state index contributed by atoms with van der Waals surface area (Å²) < 4.78 is 10.5. The number of ether oxygens (including phenoxy) is 2. The average molecular weight is 291 g/mol. The van der Waals surface area contributed by atoms with Gasteiger partial charge in [-0.05, 0) is 31.0 Å². The highest BCUT2D eigenvalue weighted by atomic mass is 16.7. The summed E-state index contributed by atoms with van der Waals surface area (Å²) in [6.07, 6.45) is 5.90. The Bertz CT molecular complexity index is 521. The van der Waals surface area contributed by atoms with E-state index in [1.165, 1.54) is 12.8 Å². The van der Waals surface area contributed by atoms with Gasteiger partial charge in [0, 0.05) is 12.1 Å². The molecule has 114 valence electrons. The first-order valence-corrected chi connectivity index (χ1v) is 7.57. The molecule has 2 aliphatic rings. The molecule has 1 aromatic rings. The third kappa shape index (κ3) is 3.29. The molecule has 1 heterocycles. The zero-order chi connectivity index (χ0) is 14.7. The zero-order valence-corrected chi connectivity index (χ0v) is 12.1. The first-order chi connectivity index (χ1) is 10.2. The van der Waals surface area contributed by atoms with E-state index in [1.54, 1.807) is 18.2 Å². The topological polar surface area (TPSA) is 67.8 Å². The SMILES string of the molecule is O=C(NCC1(O)CCCCCC1)c1ccc2c(c1)OCO2. The van der Waals surface area contributed by atoms with Crippen LogP contribution in [0.1, 0.15) is 48.9 Å². The highest BCUT2D eigenvalue weighted by Crippen LogP contribution is 2.32. The molecule has 0 aromatic heterocycles. The van der Waals surface area contributed by atoms with Crippen molar-refractivity contribution >= 4 is 5.91 Å². The Labute approximate surface area is 124 Å². The predicted octanol–water partition coefficient (Wildman–Crippen LogP) is 2.23. The van der Waals surface area contributed by atoms with Crippen molar-refractivity contribution in [3.05, 3.63) is 23.8 Å². The number of nitrogens with one attached hydrogen (secondary N) is 1. The largest absolute Gasteiger partial charge is 0.454 e. The molecule has 5 heteroatoms. The number of hydrogen-bond donors (Lipinski definition) is 2. The lowest BCUT2D eigenvalue weighted by Crippen LogP contribution is -2.42. The summed E-state index contributed by atoms with van der Waals surface area (Å²) in [4.78, 5) is 12.2. The Morgan fingerprint density at radius 2 is 1.86 bits per heavy atom. The lowest BCUT2D eigenvalue weighted by atomic mass is 9.94. The van der Waals surface area contributed by atoms with Gasteiger partial charge in [-0.15, -0.1) is 0 Å². The minimum Gasteiger partial charge on any atom is -0.454 e. The van der Waals surface area contributed by atoms with Crippen molar-refractivity contribution in [3.8, 4) is 11.5 Å². The molecule has 0 spiro atoms. The second-order valence-corrected chi connectivity index (χ2v) is 5.89. The maximum atomic E-state index is 12.2. The number of hydrogen-bond acceptors (Lipinski definition) is 4. The summed E-state index contributed by atoms with van der Waals surface area (Å²) in [7, 11) is 0. The fraction of sp³-hybridized carbons (Fsp3) is 0.562. The fourth-order valence-electron chi connectivity index (χ4n) is 2.95. The van der Waals surface area contributed by atoms with Crippen molar-refractivity contribution < 1.29 is 19.4 Å². The van der Waals surface area contributed by atoms with Crippen LogP contribution in [0.5, 0.6) is 11.5 Å². The molecule has 1 saturated carbocycles. The normalized spacial score (nSPS) is 19.9. The Hall–Kier alpha value is -1.75. The van der Waals surface area contributed by atoms with E-state index in [0.29, 0.717) is 23.6 Å². The number of carbonyl (C=O) groups excluding carboxylic acids is 1.